The summed E-state index contributed by atoms with van der Waals surface area (Å²) in [6, 6.07) is 8.19. The number of ether oxygens (including phenoxy) is 1. The molecule has 3 aromatic rings. The molecule has 0 saturated carbocycles. The van der Waals surface area contributed by atoms with Gasteiger partial charge in [-0.15, -0.1) is 0 Å². The number of rotatable bonds is 7. The van der Waals surface area contributed by atoms with Crippen LogP contribution in [0.1, 0.15) is 17.0 Å². The number of furan rings is 1. The van der Waals surface area contributed by atoms with Crippen LogP contribution in [0.2, 0.25) is 0 Å². The number of carbonyl (C=O) groups is 1. The van der Waals surface area contributed by atoms with Crippen LogP contribution in [0.25, 0.3) is 10.9 Å². The van der Waals surface area contributed by atoms with Crippen molar-refractivity contribution in [2.24, 2.45) is 0 Å². The van der Waals surface area contributed by atoms with Crippen LogP contribution in [0.15, 0.2) is 41.0 Å². The maximum Gasteiger partial charge on any atom is 0.227 e. The fraction of sp³-hybridized carbons (Fsp3) is 0.316. The van der Waals surface area contributed by atoms with Gasteiger partial charge in [-0.2, -0.15) is 0 Å². The number of hydrogen-bond acceptors (Lipinski definition) is 3. The molecule has 0 aliphatic carbocycles. The van der Waals surface area contributed by atoms with Gasteiger partial charge in [0.2, 0.25) is 5.91 Å². The Labute approximate surface area is 145 Å². The molecule has 0 aliphatic heterocycles. The Kier molecular flexibility index (Phi) is 5.19. The lowest BCUT2D eigenvalue weighted by atomic mass is 10.1. The Hall–Kier alpha value is -2.60. The summed E-state index contributed by atoms with van der Waals surface area (Å²) < 4.78 is 24.1. The number of amides is 1. The van der Waals surface area contributed by atoms with E-state index in [0.717, 1.165) is 22.2 Å². The third kappa shape index (κ3) is 3.91. The van der Waals surface area contributed by atoms with Crippen molar-refractivity contribution >= 4 is 16.8 Å². The van der Waals surface area contributed by atoms with Gasteiger partial charge < -0.3 is 19.0 Å². The van der Waals surface area contributed by atoms with Crippen LogP contribution in [-0.4, -0.2) is 36.1 Å². The van der Waals surface area contributed by atoms with E-state index in [1.54, 1.807) is 30.4 Å². The van der Waals surface area contributed by atoms with E-state index in [1.165, 1.54) is 12.1 Å². The van der Waals surface area contributed by atoms with Crippen molar-refractivity contribution in [2.45, 2.75) is 19.9 Å². The van der Waals surface area contributed by atoms with Crippen LogP contribution in [0.5, 0.6) is 0 Å². The first-order chi connectivity index (χ1) is 12.1. The maximum atomic E-state index is 13.6. The Bertz CT molecular complexity index is 855. The lowest BCUT2D eigenvalue weighted by Crippen LogP contribution is -2.34. The smallest absolute Gasteiger partial charge is 0.227 e. The summed E-state index contributed by atoms with van der Waals surface area (Å²) in [4.78, 5) is 17.7. The standard InChI is InChI=1S/C19H21FN2O3/c1-13-16(17-10-14(20)5-6-18(17)21-13)11-19(23)22(7-9-24-2)12-15-4-3-8-25-15/h3-6,8,10,21H,7,9,11-12H2,1-2H3. The van der Waals surface area contributed by atoms with Gasteiger partial charge in [-0.1, -0.05) is 0 Å². The number of carbonyl (C=O) groups excluding carboxylic acids is 1. The van der Waals surface area contributed by atoms with E-state index < -0.39 is 0 Å². The van der Waals surface area contributed by atoms with Gasteiger partial charge in [0.05, 0.1) is 25.8 Å². The van der Waals surface area contributed by atoms with Gasteiger partial charge in [-0.25, -0.2) is 4.39 Å². The van der Waals surface area contributed by atoms with Crippen molar-refractivity contribution in [2.75, 3.05) is 20.3 Å². The molecule has 0 bridgehead atoms. The summed E-state index contributed by atoms with van der Waals surface area (Å²) in [5.74, 6) is 0.347. The number of halogens is 1. The molecule has 3 rings (SSSR count). The molecule has 0 radical (unpaired) electrons. The zero-order valence-corrected chi connectivity index (χ0v) is 14.3. The summed E-state index contributed by atoms with van der Waals surface area (Å²) in [7, 11) is 1.60. The van der Waals surface area contributed by atoms with Crippen LogP contribution in [0, 0.1) is 12.7 Å². The van der Waals surface area contributed by atoms with Crippen molar-refractivity contribution in [3.63, 3.8) is 0 Å². The number of methoxy groups -OCH3 is 1. The molecule has 132 valence electrons. The van der Waals surface area contributed by atoms with Crippen molar-refractivity contribution in [3.8, 4) is 0 Å². The lowest BCUT2D eigenvalue weighted by molar-refractivity contribution is -0.132. The van der Waals surface area contributed by atoms with Crippen LogP contribution in [0.3, 0.4) is 0 Å². The quantitative estimate of drug-likeness (QED) is 0.714. The fourth-order valence-electron chi connectivity index (χ4n) is 2.93. The van der Waals surface area contributed by atoms with Gasteiger partial charge in [0.25, 0.3) is 0 Å². The number of aryl methyl sites for hydroxylation is 1. The summed E-state index contributed by atoms with van der Waals surface area (Å²) in [5.41, 5.74) is 2.52. The predicted octanol–water partition coefficient (Wildman–Crippen LogP) is 3.43. The Morgan fingerprint density at radius 2 is 2.20 bits per heavy atom. The minimum Gasteiger partial charge on any atom is -0.467 e. The summed E-state index contributed by atoms with van der Waals surface area (Å²) in [6.07, 6.45) is 1.78. The van der Waals surface area contributed by atoms with Gasteiger partial charge in [-0.05, 0) is 42.8 Å². The molecule has 0 aliphatic rings. The molecular weight excluding hydrogens is 323 g/mol. The van der Waals surface area contributed by atoms with E-state index in [1.807, 2.05) is 13.0 Å². The third-order valence-electron chi connectivity index (χ3n) is 4.25. The Balaban J connectivity index is 1.83. The normalized spacial score (nSPS) is 11.2. The van der Waals surface area contributed by atoms with Gasteiger partial charge >= 0.3 is 0 Å². The van der Waals surface area contributed by atoms with Crippen molar-refractivity contribution in [1.82, 2.24) is 9.88 Å². The molecule has 2 aromatic heterocycles. The second-order valence-electron chi connectivity index (χ2n) is 5.98. The number of nitrogens with one attached hydrogen (secondary N) is 1. The minimum absolute atomic E-state index is 0.0540. The molecular formula is C19H21FN2O3. The largest absolute Gasteiger partial charge is 0.467 e. The first-order valence-corrected chi connectivity index (χ1v) is 8.14. The summed E-state index contributed by atoms with van der Waals surface area (Å²) >= 11 is 0. The molecule has 0 atom stereocenters. The number of nitrogens with zero attached hydrogens (tertiary/aromatic N) is 1. The molecule has 2 heterocycles. The summed E-state index contributed by atoms with van der Waals surface area (Å²) in [5, 5.41) is 0.746. The Morgan fingerprint density at radius 3 is 2.92 bits per heavy atom. The number of benzene rings is 1. The average Bonchev–Trinajstić information content (AvgIpc) is 3.20. The number of aromatic nitrogens is 1. The highest BCUT2D eigenvalue weighted by molar-refractivity contribution is 5.90. The van der Waals surface area contributed by atoms with E-state index in [4.69, 9.17) is 9.15 Å². The molecule has 1 N–H and O–H groups in total. The van der Waals surface area contributed by atoms with Gasteiger partial charge in [0.1, 0.15) is 11.6 Å². The SMILES string of the molecule is COCCN(Cc1ccco1)C(=O)Cc1c(C)[nH]c2ccc(F)cc12. The van der Waals surface area contributed by atoms with Crippen molar-refractivity contribution in [3.05, 3.63) is 59.4 Å². The van der Waals surface area contributed by atoms with E-state index in [-0.39, 0.29) is 18.1 Å². The zero-order valence-electron chi connectivity index (χ0n) is 14.3. The average molecular weight is 344 g/mol. The zero-order chi connectivity index (χ0) is 17.8. The first kappa shape index (κ1) is 17.2. The number of fused-ring (bicyclic) bond motifs is 1. The second-order valence-corrected chi connectivity index (χ2v) is 5.98. The van der Waals surface area contributed by atoms with E-state index >= 15 is 0 Å². The second kappa shape index (κ2) is 7.53. The van der Waals surface area contributed by atoms with Crippen molar-refractivity contribution in [1.29, 1.82) is 0 Å². The molecule has 0 unspecified atom stereocenters. The first-order valence-electron chi connectivity index (χ1n) is 8.14. The number of hydrogen-bond donors (Lipinski definition) is 1. The van der Waals surface area contributed by atoms with Crippen molar-refractivity contribution < 1.29 is 18.3 Å². The minimum atomic E-state index is -0.313. The van der Waals surface area contributed by atoms with Gasteiger partial charge in [0.15, 0.2) is 0 Å². The molecule has 1 amide bonds. The number of aromatic amines is 1. The molecule has 25 heavy (non-hydrogen) atoms. The molecule has 1 aromatic carbocycles. The predicted molar refractivity (Wildman–Crippen MR) is 92.7 cm³/mol. The van der Waals surface area contributed by atoms with Crippen LogP contribution >= 0.6 is 0 Å². The lowest BCUT2D eigenvalue weighted by Gasteiger charge is -2.21. The Morgan fingerprint density at radius 1 is 1.36 bits per heavy atom. The van der Waals surface area contributed by atoms with E-state index in [0.29, 0.717) is 25.5 Å². The van der Waals surface area contributed by atoms with Crippen LogP contribution in [-0.2, 0) is 22.5 Å². The van der Waals surface area contributed by atoms with Gasteiger partial charge in [-0.3, -0.25) is 4.79 Å². The molecule has 5 nitrogen and oxygen atoms in total. The topological polar surface area (TPSA) is 58.5 Å². The molecule has 6 heteroatoms. The highest BCUT2D eigenvalue weighted by atomic mass is 19.1. The maximum absolute atomic E-state index is 13.6. The molecule has 0 fully saturated rings. The fourth-order valence-corrected chi connectivity index (χ4v) is 2.93. The summed E-state index contributed by atoms with van der Waals surface area (Å²) in [6.45, 7) is 3.18. The third-order valence-corrected chi connectivity index (χ3v) is 4.25. The highest BCUT2D eigenvalue weighted by Crippen LogP contribution is 2.24. The number of H-pyrrole nitrogens is 1. The van der Waals surface area contributed by atoms with Gasteiger partial charge in [0, 0.05) is 30.3 Å². The molecule has 0 spiro atoms. The van der Waals surface area contributed by atoms with E-state index in [2.05, 4.69) is 4.98 Å². The van der Waals surface area contributed by atoms with E-state index in [9.17, 15) is 9.18 Å². The van der Waals surface area contributed by atoms with Crippen LogP contribution in [0.4, 0.5) is 4.39 Å². The van der Waals surface area contributed by atoms with Crippen LogP contribution < -0.4 is 0 Å². The highest BCUT2D eigenvalue weighted by Gasteiger charge is 2.19. The monoisotopic (exact) mass is 344 g/mol. The molecule has 0 saturated heterocycles.